The van der Waals surface area contributed by atoms with Crippen molar-refractivity contribution in [2.45, 2.75) is 6.92 Å². The first-order chi connectivity index (χ1) is 6.38. The summed E-state index contributed by atoms with van der Waals surface area (Å²) in [5, 5.41) is 8.77. The molecule has 2 aromatic rings. The molecule has 0 saturated carbocycles. The standard InChI is InChI=1S/C9H7N.C2H6O/c1-2-6-9-8(4-1)5-3-7-10-9;1-2-3/h1-7H;3H,2H2,1H3. The minimum atomic E-state index is 0.250. The Morgan fingerprint density at radius 3 is 2.46 bits per heavy atom. The van der Waals surface area contributed by atoms with Crippen molar-refractivity contribution in [3.05, 3.63) is 42.6 Å². The van der Waals surface area contributed by atoms with E-state index < -0.39 is 0 Å². The highest BCUT2D eigenvalue weighted by Gasteiger charge is 1.86. The van der Waals surface area contributed by atoms with Gasteiger partial charge in [-0.3, -0.25) is 4.98 Å². The fraction of sp³-hybridized carbons (Fsp3) is 0.182. The van der Waals surface area contributed by atoms with Crippen molar-refractivity contribution in [2.75, 3.05) is 6.61 Å². The number of rotatable bonds is 0. The molecule has 0 bridgehead atoms. The quantitative estimate of drug-likeness (QED) is 0.666. The van der Waals surface area contributed by atoms with Crippen molar-refractivity contribution < 1.29 is 5.11 Å². The molecule has 68 valence electrons. The molecule has 0 atom stereocenters. The van der Waals surface area contributed by atoms with Gasteiger partial charge in [-0.15, -0.1) is 0 Å². The minimum Gasteiger partial charge on any atom is -0.397 e. The van der Waals surface area contributed by atoms with Gasteiger partial charge >= 0.3 is 0 Å². The molecule has 1 heterocycles. The Hall–Kier alpha value is -1.41. The third kappa shape index (κ3) is 2.84. The van der Waals surface area contributed by atoms with Crippen LogP contribution in [-0.2, 0) is 0 Å². The van der Waals surface area contributed by atoms with E-state index in [1.165, 1.54) is 5.39 Å². The van der Waals surface area contributed by atoms with Crippen LogP contribution in [0.25, 0.3) is 10.9 Å². The zero-order valence-electron chi connectivity index (χ0n) is 7.64. The van der Waals surface area contributed by atoms with Gasteiger partial charge in [-0.05, 0) is 19.1 Å². The summed E-state index contributed by atoms with van der Waals surface area (Å²) in [6, 6.07) is 12.1. The number of benzene rings is 1. The van der Waals surface area contributed by atoms with Gasteiger partial charge in [-0.2, -0.15) is 0 Å². The fourth-order valence-electron chi connectivity index (χ4n) is 1.02. The molecule has 2 rings (SSSR count). The number of hydrogen-bond donors (Lipinski definition) is 1. The number of aliphatic hydroxyl groups excluding tert-OH is 1. The number of aliphatic hydroxyl groups is 1. The summed E-state index contributed by atoms with van der Waals surface area (Å²) in [4.78, 5) is 4.18. The number of hydrogen-bond acceptors (Lipinski definition) is 2. The molecule has 1 aromatic heterocycles. The summed E-state index contributed by atoms with van der Waals surface area (Å²) in [6.45, 7) is 1.93. The van der Waals surface area contributed by atoms with Crippen LogP contribution in [0.15, 0.2) is 42.6 Å². The molecule has 13 heavy (non-hydrogen) atoms. The lowest BCUT2D eigenvalue weighted by molar-refractivity contribution is 0.318. The molecule has 2 heteroatoms. The maximum absolute atomic E-state index is 7.57. The molecule has 0 unspecified atom stereocenters. The van der Waals surface area contributed by atoms with Crippen LogP contribution in [0.3, 0.4) is 0 Å². The molecule has 0 fully saturated rings. The summed E-state index contributed by atoms with van der Waals surface area (Å²) in [6.07, 6.45) is 1.81. The van der Waals surface area contributed by atoms with E-state index in [0.717, 1.165) is 5.52 Å². The predicted molar refractivity (Wildman–Crippen MR) is 54.5 cm³/mol. The van der Waals surface area contributed by atoms with Crippen molar-refractivity contribution >= 4 is 10.9 Å². The fourth-order valence-corrected chi connectivity index (χ4v) is 1.02. The molecular formula is C11H13NO. The number of para-hydroxylation sites is 1. The van der Waals surface area contributed by atoms with E-state index in [9.17, 15) is 0 Å². The van der Waals surface area contributed by atoms with Crippen molar-refractivity contribution in [2.24, 2.45) is 0 Å². The zero-order valence-corrected chi connectivity index (χ0v) is 7.64. The third-order valence-electron chi connectivity index (χ3n) is 1.51. The minimum absolute atomic E-state index is 0.250. The van der Waals surface area contributed by atoms with E-state index in [1.54, 1.807) is 6.92 Å². The molecule has 0 saturated heterocycles. The van der Waals surface area contributed by atoms with Crippen molar-refractivity contribution in [3.63, 3.8) is 0 Å². The van der Waals surface area contributed by atoms with E-state index in [0.29, 0.717) is 0 Å². The van der Waals surface area contributed by atoms with Gasteiger partial charge in [0.15, 0.2) is 0 Å². The number of pyridine rings is 1. The smallest absolute Gasteiger partial charge is 0.0701 e. The second kappa shape index (κ2) is 5.27. The maximum atomic E-state index is 7.57. The summed E-state index contributed by atoms with van der Waals surface area (Å²) in [5.41, 5.74) is 1.06. The SMILES string of the molecule is CCO.c1ccc2ncccc2c1. The first-order valence-electron chi connectivity index (χ1n) is 4.29. The Morgan fingerprint density at radius 2 is 1.77 bits per heavy atom. The molecule has 0 aliphatic heterocycles. The second-order valence-electron chi connectivity index (χ2n) is 2.51. The van der Waals surface area contributed by atoms with Crippen molar-refractivity contribution in [3.8, 4) is 0 Å². The largest absolute Gasteiger partial charge is 0.397 e. The predicted octanol–water partition coefficient (Wildman–Crippen LogP) is 2.23. The maximum Gasteiger partial charge on any atom is 0.0701 e. The van der Waals surface area contributed by atoms with Crippen LogP contribution < -0.4 is 0 Å². The second-order valence-corrected chi connectivity index (χ2v) is 2.51. The molecule has 2 nitrogen and oxygen atoms in total. The summed E-state index contributed by atoms with van der Waals surface area (Å²) in [5.74, 6) is 0. The van der Waals surface area contributed by atoms with E-state index in [4.69, 9.17) is 5.11 Å². The Bertz CT molecular complexity index is 294. The number of aromatic nitrogens is 1. The Morgan fingerprint density at radius 1 is 1.15 bits per heavy atom. The van der Waals surface area contributed by atoms with Gasteiger partial charge in [0.25, 0.3) is 0 Å². The van der Waals surface area contributed by atoms with Gasteiger partial charge in [-0.1, -0.05) is 24.3 Å². The lowest BCUT2D eigenvalue weighted by atomic mass is 10.2. The van der Waals surface area contributed by atoms with Crippen LogP contribution in [-0.4, -0.2) is 16.7 Å². The molecule has 1 aromatic carbocycles. The Balaban J connectivity index is 0.000000251. The van der Waals surface area contributed by atoms with Crippen LogP contribution in [0.4, 0.5) is 0 Å². The molecule has 0 aliphatic rings. The first-order valence-corrected chi connectivity index (χ1v) is 4.29. The van der Waals surface area contributed by atoms with Crippen LogP contribution in [0.1, 0.15) is 6.92 Å². The van der Waals surface area contributed by atoms with E-state index in [-0.39, 0.29) is 6.61 Å². The molecular weight excluding hydrogens is 162 g/mol. The highest BCUT2D eigenvalue weighted by molar-refractivity contribution is 5.77. The topological polar surface area (TPSA) is 33.1 Å². The average Bonchev–Trinajstić information content (AvgIpc) is 2.19. The Labute approximate surface area is 77.9 Å². The van der Waals surface area contributed by atoms with Crippen LogP contribution in [0, 0.1) is 0 Å². The molecule has 0 aliphatic carbocycles. The van der Waals surface area contributed by atoms with Crippen LogP contribution >= 0.6 is 0 Å². The van der Waals surface area contributed by atoms with Gasteiger partial charge in [0.1, 0.15) is 0 Å². The van der Waals surface area contributed by atoms with Gasteiger partial charge in [0.2, 0.25) is 0 Å². The Kier molecular flexibility index (Phi) is 3.93. The molecule has 0 spiro atoms. The monoisotopic (exact) mass is 175 g/mol. The third-order valence-corrected chi connectivity index (χ3v) is 1.51. The lowest BCUT2D eigenvalue weighted by Gasteiger charge is -1.91. The zero-order chi connectivity index (χ0) is 9.52. The highest BCUT2D eigenvalue weighted by Crippen LogP contribution is 2.07. The summed E-state index contributed by atoms with van der Waals surface area (Å²) in [7, 11) is 0. The van der Waals surface area contributed by atoms with E-state index in [1.807, 2.05) is 30.5 Å². The van der Waals surface area contributed by atoms with Crippen molar-refractivity contribution in [1.29, 1.82) is 0 Å². The average molecular weight is 175 g/mol. The lowest BCUT2D eigenvalue weighted by Crippen LogP contribution is -1.73. The molecule has 1 N–H and O–H groups in total. The van der Waals surface area contributed by atoms with Gasteiger partial charge in [0.05, 0.1) is 5.52 Å². The number of nitrogens with zero attached hydrogens (tertiary/aromatic N) is 1. The highest BCUT2D eigenvalue weighted by atomic mass is 16.2. The summed E-state index contributed by atoms with van der Waals surface area (Å²) >= 11 is 0. The summed E-state index contributed by atoms with van der Waals surface area (Å²) < 4.78 is 0. The van der Waals surface area contributed by atoms with Crippen molar-refractivity contribution in [1.82, 2.24) is 4.98 Å². The van der Waals surface area contributed by atoms with E-state index in [2.05, 4.69) is 17.1 Å². The van der Waals surface area contributed by atoms with Crippen LogP contribution in [0.5, 0.6) is 0 Å². The van der Waals surface area contributed by atoms with Gasteiger partial charge in [0, 0.05) is 18.2 Å². The molecule has 0 amide bonds. The number of fused-ring (bicyclic) bond motifs is 1. The van der Waals surface area contributed by atoms with Gasteiger partial charge < -0.3 is 5.11 Å². The van der Waals surface area contributed by atoms with Gasteiger partial charge in [-0.25, -0.2) is 0 Å². The van der Waals surface area contributed by atoms with Crippen LogP contribution in [0.2, 0.25) is 0 Å². The first kappa shape index (κ1) is 9.68. The normalized spacial score (nSPS) is 9.08. The molecule has 0 radical (unpaired) electrons. The van der Waals surface area contributed by atoms with E-state index >= 15 is 0 Å².